The largest absolute Gasteiger partial charge is 0.477 e. The molecule has 0 spiro atoms. The number of pyridine rings is 1. The van der Waals surface area contributed by atoms with Crippen molar-refractivity contribution in [1.29, 1.82) is 0 Å². The third-order valence-electron chi connectivity index (χ3n) is 1.72. The minimum absolute atomic E-state index is 0.199. The van der Waals surface area contributed by atoms with Gasteiger partial charge in [-0.25, -0.2) is 18.6 Å². The summed E-state index contributed by atoms with van der Waals surface area (Å²) in [5.74, 6) is -1.34. The zero-order valence-electron chi connectivity index (χ0n) is 7.38. The molecule has 7 heteroatoms. The van der Waals surface area contributed by atoms with Crippen LogP contribution in [0.25, 0.3) is 0 Å². The van der Waals surface area contributed by atoms with E-state index in [4.69, 9.17) is 22.4 Å². The van der Waals surface area contributed by atoms with E-state index in [1.165, 1.54) is 0 Å². The smallest absolute Gasteiger partial charge is 0.354 e. The molecular weight excluding hydrogens is 230 g/mol. The Bertz CT molecular complexity index is 398. The molecule has 0 bridgehead atoms. The van der Waals surface area contributed by atoms with Crippen LogP contribution >= 0.6 is 11.6 Å². The minimum atomic E-state index is -2.83. The number of rotatable bonds is 3. The van der Waals surface area contributed by atoms with E-state index in [1.807, 2.05) is 0 Å². The van der Waals surface area contributed by atoms with Crippen molar-refractivity contribution < 1.29 is 18.7 Å². The Labute approximate surface area is 88.7 Å². The molecule has 0 amide bonds. The van der Waals surface area contributed by atoms with E-state index < -0.39 is 23.7 Å². The summed E-state index contributed by atoms with van der Waals surface area (Å²) in [6.07, 6.45) is -2.83. The molecule has 1 aromatic rings. The highest BCUT2D eigenvalue weighted by molar-refractivity contribution is 6.31. The van der Waals surface area contributed by atoms with Gasteiger partial charge in [0.2, 0.25) is 0 Å². The van der Waals surface area contributed by atoms with Gasteiger partial charge in [0.15, 0.2) is 0 Å². The van der Waals surface area contributed by atoms with Crippen LogP contribution in [0.15, 0.2) is 6.07 Å². The van der Waals surface area contributed by atoms with Gasteiger partial charge in [0, 0.05) is 6.54 Å². The Morgan fingerprint density at radius 3 is 2.67 bits per heavy atom. The fourth-order valence-electron chi connectivity index (χ4n) is 1.07. The molecule has 0 atom stereocenters. The fourth-order valence-corrected chi connectivity index (χ4v) is 1.36. The topological polar surface area (TPSA) is 76.2 Å². The van der Waals surface area contributed by atoms with E-state index in [0.29, 0.717) is 0 Å². The van der Waals surface area contributed by atoms with Crippen molar-refractivity contribution in [1.82, 2.24) is 4.98 Å². The molecule has 4 nitrogen and oxygen atoms in total. The highest BCUT2D eigenvalue weighted by atomic mass is 35.5. The average Bonchev–Trinajstić information content (AvgIpc) is 2.15. The van der Waals surface area contributed by atoms with Gasteiger partial charge in [-0.1, -0.05) is 11.6 Å². The zero-order chi connectivity index (χ0) is 11.6. The second-order valence-corrected chi connectivity index (χ2v) is 3.07. The number of carboxylic acid groups (broad SMARTS) is 1. The average molecular weight is 237 g/mol. The molecule has 0 fully saturated rings. The first kappa shape index (κ1) is 11.8. The van der Waals surface area contributed by atoms with Crippen molar-refractivity contribution in [3.63, 3.8) is 0 Å². The highest BCUT2D eigenvalue weighted by Crippen LogP contribution is 2.29. The molecule has 15 heavy (non-hydrogen) atoms. The lowest BCUT2D eigenvalue weighted by Crippen LogP contribution is -2.10. The monoisotopic (exact) mass is 236 g/mol. The summed E-state index contributed by atoms with van der Waals surface area (Å²) in [5, 5.41) is 8.27. The van der Waals surface area contributed by atoms with E-state index >= 15 is 0 Å². The molecule has 0 aliphatic heterocycles. The van der Waals surface area contributed by atoms with Crippen molar-refractivity contribution in [2.24, 2.45) is 5.73 Å². The SMILES string of the molecule is NCc1nc(C(=O)O)cc(Cl)c1C(F)F. The first-order valence-electron chi connectivity index (χ1n) is 3.88. The minimum Gasteiger partial charge on any atom is -0.477 e. The van der Waals surface area contributed by atoms with Gasteiger partial charge in [0.05, 0.1) is 16.3 Å². The second kappa shape index (κ2) is 4.50. The Morgan fingerprint density at radius 1 is 1.67 bits per heavy atom. The van der Waals surface area contributed by atoms with Crippen LogP contribution in [0.1, 0.15) is 28.2 Å². The maximum absolute atomic E-state index is 12.5. The van der Waals surface area contributed by atoms with Gasteiger partial charge in [-0.3, -0.25) is 0 Å². The van der Waals surface area contributed by atoms with Gasteiger partial charge in [0.25, 0.3) is 6.43 Å². The van der Waals surface area contributed by atoms with Crippen molar-refractivity contribution >= 4 is 17.6 Å². The summed E-state index contributed by atoms with van der Waals surface area (Å²) in [6, 6.07) is 0.880. The summed E-state index contributed by atoms with van der Waals surface area (Å²) < 4.78 is 25.0. The lowest BCUT2D eigenvalue weighted by atomic mass is 10.1. The van der Waals surface area contributed by atoms with Crippen LogP contribution in [0.5, 0.6) is 0 Å². The van der Waals surface area contributed by atoms with Crippen LogP contribution in [-0.2, 0) is 6.54 Å². The van der Waals surface area contributed by atoms with Gasteiger partial charge in [-0.05, 0) is 6.07 Å². The van der Waals surface area contributed by atoms with Crippen molar-refractivity contribution in [3.8, 4) is 0 Å². The molecule has 0 aliphatic rings. The number of carbonyl (C=O) groups is 1. The molecule has 1 rings (SSSR count). The van der Waals surface area contributed by atoms with E-state index in [0.717, 1.165) is 6.07 Å². The summed E-state index contributed by atoms with van der Waals surface area (Å²) in [7, 11) is 0. The van der Waals surface area contributed by atoms with E-state index in [1.54, 1.807) is 0 Å². The van der Waals surface area contributed by atoms with Crippen molar-refractivity contribution in [3.05, 3.63) is 28.0 Å². The van der Waals surface area contributed by atoms with Crippen LogP contribution in [0.2, 0.25) is 5.02 Å². The highest BCUT2D eigenvalue weighted by Gasteiger charge is 2.20. The molecule has 82 valence electrons. The third kappa shape index (κ3) is 2.40. The number of aromatic carboxylic acids is 1. The Balaban J connectivity index is 3.37. The van der Waals surface area contributed by atoms with E-state index in [9.17, 15) is 13.6 Å². The predicted molar refractivity (Wildman–Crippen MR) is 49.1 cm³/mol. The van der Waals surface area contributed by atoms with Crippen molar-refractivity contribution in [2.45, 2.75) is 13.0 Å². The predicted octanol–water partition coefficient (Wildman–Crippen LogP) is 1.83. The molecule has 0 aliphatic carbocycles. The van der Waals surface area contributed by atoms with E-state index in [2.05, 4.69) is 4.98 Å². The number of hydrogen-bond donors (Lipinski definition) is 2. The zero-order valence-corrected chi connectivity index (χ0v) is 8.13. The molecule has 0 unspecified atom stereocenters. The molecular formula is C8H7ClF2N2O2. The van der Waals surface area contributed by atoms with E-state index in [-0.39, 0.29) is 17.3 Å². The van der Waals surface area contributed by atoms with Gasteiger partial charge >= 0.3 is 5.97 Å². The molecule has 1 heterocycles. The van der Waals surface area contributed by atoms with Crippen LogP contribution in [-0.4, -0.2) is 16.1 Å². The van der Waals surface area contributed by atoms with Crippen molar-refractivity contribution in [2.75, 3.05) is 0 Å². The molecule has 0 radical (unpaired) electrons. The van der Waals surface area contributed by atoms with Crippen LogP contribution in [0, 0.1) is 0 Å². The third-order valence-corrected chi connectivity index (χ3v) is 2.03. The number of aromatic nitrogens is 1. The number of hydrogen-bond acceptors (Lipinski definition) is 3. The first-order chi connectivity index (χ1) is 6.97. The second-order valence-electron chi connectivity index (χ2n) is 2.66. The fraction of sp³-hybridized carbons (Fsp3) is 0.250. The standard InChI is InChI=1S/C8H7ClF2N2O2/c9-3-1-4(8(14)15)13-5(2-12)6(3)7(10)11/h1,7H,2,12H2,(H,14,15). The number of nitrogens with two attached hydrogens (primary N) is 1. The number of nitrogens with zero attached hydrogens (tertiary/aromatic N) is 1. The quantitative estimate of drug-likeness (QED) is 0.839. The van der Waals surface area contributed by atoms with Gasteiger partial charge in [-0.15, -0.1) is 0 Å². The normalized spacial score (nSPS) is 10.7. The lowest BCUT2D eigenvalue weighted by Gasteiger charge is -2.09. The number of alkyl halides is 2. The molecule has 0 saturated heterocycles. The Hall–Kier alpha value is -1.27. The van der Waals surface area contributed by atoms with Gasteiger partial charge < -0.3 is 10.8 Å². The number of carboxylic acids is 1. The summed E-state index contributed by atoms with van der Waals surface area (Å²) >= 11 is 5.51. The lowest BCUT2D eigenvalue weighted by molar-refractivity contribution is 0.0689. The molecule has 0 aromatic carbocycles. The summed E-state index contributed by atoms with van der Waals surface area (Å²) in [6.45, 7) is -0.291. The maximum atomic E-state index is 12.5. The molecule has 0 saturated carbocycles. The molecule has 3 N–H and O–H groups in total. The Kier molecular flexibility index (Phi) is 3.54. The maximum Gasteiger partial charge on any atom is 0.354 e. The Morgan fingerprint density at radius 2 is 2.27 bits per heavy atom. The van der Waals surface area contributed by atoms with Crippen LogP contribution in [0.4, 0.5) is 8.78 Å². The van der Waals surface area contributed by atoms with Gasteiger partial charge in [0.1, 0.15) is 5.69 Å². The summed E-state index contributed by atoms with van der Waals surface area (Å²) in [4.78, 5) is 14.0. The van der Waals surface area contributed by atoms with Crippen LogP contribution in [0.3, 0.4) is 0 Å². The summed E-state index contributed by atoms with van der Waals surface area (Å²) in [5.41, 5.74) is 4.07. The van der Waals surface area contributed by atoms with Crippen LogP contribution < -0.4 is 5.73 Å². The number of halogens is 3. The van der Waals surface area contributed by atoms with Gasteiger partial charge in [-0.2, -0.15) is 0 Å². The first-order valence-corrected chi connectivity index (χ1v) is 4.26. The molecule has 1 aromatic heterocycles.